The molecular formula is C12H16O4. The number of aliphatic hydroxyl groups is 1. The minimum Gasteiger partial charge on any atom is -0.510 e. The molecule has 0 bridgehead atoms. The molecule has 0 aliphatic heterocycles. The predicted molar refractivity (Wildman–Crippen MR) is 58.8 cm³/mol. The molecule has 0 aromatic carbocycles. The molecule has 1 rings (SSSR count). The summed E-state index contributed by atoms with van der Waals surface area (Å²) in [5.74, 6) is -0.696. The van der Waals surface area contributed by atoms with Gasteiger partial charge < -0.3 is 9.84 Å². The number of aliphatic hydroxyl groups excluding tert-OH is 1. The van der Waals surface area contributed by atoms with Gasteiger partial charge in [-0.15, -0.1) is 0 Å². The third-order valence-electron chi connectivity index (χ3n) is 2.86. The lowest BCUT2D eigenvalue weighted by molar-refractivity contribution is -0.119. The van der Waals surface area contributed by atoms with Crippen molar-refractivity contribution in [1.82, 2.24) is 0 Å². The summed E-state index contributed by atoms with van der Waals surface area (Å²) in [7, 11) is 1.44. The van der Waals surface area contributed by atoms with Crippen molar-refractivity contribution in [2.45, 2.75) is 27.7 Å². The summed E-state index contributed by atoms with van der Waals surface area (Å²) in [6.45, 7) is 6.28. The molecule has 0 aromatic heterocycles. The molecule has 0 fully saturated rings. The topological polar surface area (TPSA) is 63.6 Å². The highest BCUT2D eigenvalue weighted by atomic mass is 16.5. The monoisotopic (exact) mass is 224 g/mol. The lowest BCUT2D eigenvalue weighted by Gasteiger charge is -2.32. The fourth-order valence-corrected chi connectivity index (χ4v) is 2.02. The van der Waals surface area contributed by atoms with Crippen LogP contribution in [0.4, 0.5) is 0 Å². The van der Waals surface area contributed by atoms with Crippen LogP contribution in [0.25, 0.3) is 0 Å². The van der Waals surface area contributed by atoms with E-state index in [0.29, 0.717) is 11.3 Å². The SMILES string of the molecule is COC1=C(C)C(=O)C(C(C)=O)=C(O)C1(C)C. The average Bonchev–Trinajstić information content (AvgIpc) is 2.15. The molecular weight excluding hydrogens is 208 g/mol. The van der Waals surface area contributed by atoms with E-state index in [1.54, 1.807) is 20.8 Å². The first-order valence-electron chi connectivity index (χ1n) is 4.99. The van der Waals surface area contributed by atoms with Crippen LogP contribution in [-0.2, 0) is 14.3 Å². The number of hydrogen-bond acceptors (Lipinski definition) is 4. The van der Waals surface area contributed by atoms with Gasteiger partial charge in [0, 0.05) is 5.57 Å². The molecule has 16 heavy (non-hydrogen) atoms. The zero-order valence-electron chi connectivity index (χ0n) is 10.2. The van der Waals surface area contributed by atoms with Gasteiger partial charge in [0.05, 0.1) is 12.5 Å². The number of ketones is 2. The predicted octanol–water partition coefficient (Wildman–Crippen LogP) is 1.92. The smallest absolute Gasteiger partial charge is 0.199 e. The van der Waals surface area contributed by atoms with Crippen LogP contribution in [0, 0.1) is 5.41 Å². The van der Waals surface area contributed by atoms with Gasteiger partial charge in [-0.1, -0.05) is 0 Å². The first-order chi connectivity index (χ1) is 7.25. The normalized spacial score (nSPS) is 20.2. The van der Waals surface area contributed by atoms with E-state index in [1.807, 2.05) is 0 Å². The fourth-order valence-electron chi connectivity index (χ4n) is 2.02. The van der Waals surface area contributed by atoms with Crippen LogP contribution >= 0.6 is 0 Å². The van der Waals surface area contributed by atoms with Gasteiger partial charge in [0.2, 0.25) is 0 Å². The summed E-state index contributed by atoms with van der Waals surface area (Å²) in [6, 6.07) is 0. The quantitative estimate of drug-likeness (QED) is 0.728. The Labute approximate surface area is 94.6 Å². The van der Waals surface area contributed by atoms with Crippen molar-refractivity contribution < 1.29 is 19.4 Å². The van der Waals surface area contributed by atoms with Crippen molar-refractivity contribution >= 4 is 11.6 Å². The molecule has 88 valence electrons. The van der Waals surface area contributed by atoms with E-state index in [-0.39, 0.29) is 11.3 Å². The number of carbonyl (C=O) groups excluding carboxylic acids is 2. The Hall–Kier alpha value is -1.58. The maximum Gasteiger partial charge on any atom is 0.199 e. The highest BCUT2D eigenvalue weighted by molar-refractivity contribution is 6.26. The third kappa shape index (κ3) is 1.54. The number of ether oxygens (including phenoxy) is 1. The van der Waals surface area contributed by atoms with E-state index in [0.717, 1.165) is 0 Å². The average molecular weight is 224 g/mol. The number of hydrogen-bond donors (Lipinski definition) is 1. The van der Waals surface area contributed by atoms with Crippen LogP contribution < -0.4 is 0 Å². The minimum atomic E-state index is -0.840. The molecule has 0 unspecified atom stereocenters. The number of methoxy groups -OCH3 is 1. The Kier molecular flexibility index (Phi) is 2.95. The summed E-state index contributed by atoms with van der Waals surface area (Å²) >= 11 is 0. The summed E-state index contributed by atoms with van der Waals surface area (Å²) in [5.41, 5.74) is -0.605. The fraction of sp³-hybridized carbons (Fsp3) is 0.500. The maximum absolute atomic E-state index is 11.9. The van der Waals surface area contributed by atoms with Gasteiger partial charge in [-0.3, -0.25) is 9.59 Å². The lowest BCUT2D eigenvalue weighted by atomic mass is 9.76. The number of Topliss-reactive ketones (excluding diaryl/α,β-unsaturated/α-hetero) is 2. The molecule has 0 saturated carbocycles. The minimum absolute atomic E-state index is 0.136. The largest absolute Gasteiger partial charge is 0.510 e. The number of rotatable bonds is 2. The van der Waals surface area contributed by atoms with E-state index in [9.17, 15) is 14.7 Å². The van der Waals surface area contributed by atoms with E-state index in [4.69, 9.17) is 4.74 Å². The van der Waals surface area contributed by atoms with Crippen LogP contribution in [-0.4, -0.2) is 23.8 Å². The van der Waals surface area contributed by atoms with Gasteiger partial charge in [0.15, 0.2) is 11.6 Å². The Morgan fingerprint density at radius 1 is 1.38 bits per heavy atom. The summed E-state index contributed by atoms with van der Waals surface area (Å²) in [5, 5.41) is 9.98. The zero-order chi connectivity index (χ0) is 12.7. The molecule has 1 N–H and O–H groups in total. The van der Waals surface area contributed by atoms with E-state index < -0.39 is 17.0 Å². The first kappa shape index (κ1) is 12.5. The number of carbonyl (C=O) groups is 2. The van der Waals surface area contributed by atoms with Gasteiger partial charge >= 0.3 is 0 Å². The highest BCUT2D eigenvalue weighted by Crippen LogP contribution is 2.41. The summed E-state index contributed by atoms with van der Waals surface area (Å²) in [6.07, 6.45) is 0. The second-order valence-electron chi connectivity index (χ2n) is 4.39. The van der Waals surface area contributed by atoms with Crippen LogP contribution in [0.15, 0.2) is 22.7 Å². The van der Waals surface area contributed by atoms with Crippen molar-refractivity contribution in [1.29, 1.82) is 0 Å². The van der Waals surface area contributed by atoms with Crippen molar-refractivity contribution in [2.75, 3.05) is 7.11 Å². The molecule has 0 amide bonds. The maximum atomic E-state index is 11.9. The molecule has 1 aliphatic carbocycles. The number of allylic oxidation sites excluding steroid dienone is 2. The molecule has 0 radical (unpaired) electrons. The van der Waals surface area contributed by atoms with Gasteiger partial charge in [-0.25, -0.2) is 0 Å². The Morgan fingerprint density at radius 3 is 2.25 bits per heavy atom. The van der Waals surface area contributed by atoms with Crippen molar-refractivity contribution in [3.63, 3.8) is 0 Å². The standard InChI is InChI=1S/C12H16O4/c1-6-9(14)8(7(2)13)10(15)12(3,4)11(6)16-5/h15H,1-5H3. The van der Waals surface area contributed by atoms with Crippen LogP contribution in [0.2, 0.25) is 0 Å². The Morgan fingerprint density at radius 2 is 1.88 bits per heavy atom. The zero-order valence-corrected chi connectivity index (χ0v) is 10.2. The summed E-state index contributed by atoms with van der Waals surface area (Å²) in [4.78, 5) is 23.2. The summed E-state index contributed by atoms with van der Waals surface area (Å²) < 4.78 is 5.14. The van der Waals surface area contributed by atoms with Crippen LogP contribution in [0.1, 0.15) is 27.7 Å². The van der Waals surface area contributed by atoms with Gasteiger partial charge in [-0.2, -0.15) is 0 Å². The molecule has 0 heterocycles. The molecule has 1 aliphatic rings. The molecule has 0 spiro atoms. The molecule has 4 heteroatoms. The molecule has 0 saturated heterocycles. The third-order valence-corrected chi connectivity index (χ3v) is 2.86. The Balaban J connectivity index is 3.50. The van der Waals surface area contributed by atoms with Gasteiger partial charge in [0.1, 0.15) is 17.1 Å². The second kappa shape index (κ2) is 3.77. The van der Waals surface area contributed by atoms with Crippen molar-refractivity contribution in [3.8, 4) is 0 Å². The highest BCUT2D eigenvalue weighted by Gasteiger charge is 2.42. The van der Waals surface area contributed by atoms with Gasteiger partial charge in [0.25, 0.3) is 0 Å². The molecule has 4 nitrogen and oxygen atoms in total. The second-order valence-corrected chi connectivity index (χ2v) is 4.39. The van der Waals surface area contributed by atoms with E-state index in [1.165, 1.54) is 14.0 Å². The first-order valence-corrected chi connectivity index (χ1v) is 4.99. The molecule has 0 atom stereocenters. The Bertz CT molecular complexity index is 424. The van der Waals surface area contributed by atoms with Gasteiger partial charge in [-0.05, 0) is 27.7 Å². The molecule has 0 aromatic rings. The van der Waals surface area contributed by atoms with Crippen LogP contribution in [0.5, 0.6) is 0 Å². The van der Waals surface area contributed by atoms with Crippen LogP contribution in [0.3, 0.4) is 0 Å². The van der Waals surface area contributed by atoms with E-state index in [2.05, 4.69) is 0 Å². The lowest BCUT2D eigenvalue weighted by Crippen LogP contribution is -2.32. The van der Waals surface area contributed by atoms with Crippen molar-refractivity contribution in [3.05, 3.63) is 22.7 Å². The van der Waals surface area contributed by atoms with E-state index >= 15 is 0 Å². The van der Waals surface area contributed by atoms with Crippen molar-refractivity contribution in [2.24, 2.45) is 5.41 Å².